The van der Waals surface area contributed by atoms with Gasteiger partial charge in [-0.05, 0) is 214 Å². The molecule has 16 rings (SSSR count). The molecule has 0 aliphatic heterocycles. The summed E-state index contributed by atoms with van der Waals surface area (Å²) in [5.41, 5.74) is 28.1. The highest BCUT2D eigenvalue weighted by Gasteiger charge is 2.25. The zero-order chi connectivity index (χ0) is 61.8. The average molecular weight is 1210 g/mol. The summed E-state index contributed by atoms with van der Waals surface area (Å²) in [4.78, 5) is 5.00. The summed E-state index contributed by atoms with van der Waals surface area (Å²) in [7, 11) is 0. The van der Waals surface area contributed by atoms with Gasteiger partial charge in [-0.2, -0.15) is 0 Å². The number of nitrogens with zero attached hydrogens (tertiary/aromatic N) is 2. The van der Waals surface area contributed by atoms with E-state index < -0.39 is 0 Å². The molecule has 438 valence electrons. The molecule has 0 unspecified atom stereocenters. The summed E-state index contributed by atoms with van der Waals surface area (Å²) >= 11 is 3.72. The first kappa shape index (κ1) is 56.4. The van der Waals surface area contributed by atoms with Gasteiger partial charge >= 0.3 is 0 Å². The lowest BCUT2D eigenvalue weighted by Crippen LogP contribution is -2.14. The van der Waals surface area contributed by atoms with E-state index in [1.165, 1.54) is 129 Å². The van der Waals surface area contributed by atoms with Crippen LogP contribution in [0.25, 0.3) is 118 Å². The third-order valence-electron chi connectivity index (χ3n) is 18.4. The molecule has 2 nitrogen and oxygen atoms in total. The lowest BCUT2D eigenvalue weighted by molar-refractivity contribution is 1.22. The summed E-state index contributed by atoms with van der Waals surface area (Å²) in [6, 6.07) is 117. The topological polar surface area (TPSA) is 6.48 Å². The van der Waals surface area contributed by atoms with E-state index in [1.54, 1.807) is 0 Å². The lowest BCUT2D eigenvalue weighted by Gasteiger charge is -2.31. The van der Waals surface area contributed by atoms with Gasteiger partial charge in [-0.3, -0.25) is 0 Å². The summed E-state index contributed by atoms with van der Waals surface area (Å²) in [6.07, 6.45) is 0. The molecule has 0 amide bonds. The van der Waals surface area contributed by atoms with Crippen LogP contribution in [0.3, 0.4) is 0 Å². The van der Waals surface area contributed by atoms with Crippen LogP contribution in [0, 0.1) is 27.7 Å². The van der Waals surface area contributed by atoms with Crippen molar-refractivity contribution in [2.45, 2.75) is 27.7 Å². The molecule has 2 aromatic heterocycles. The van der Waals surface area contributed by atoms with E-state index in [2.05, 4.69) is 353 Å². The quantitative estimate of drug-likeness (QED) is 0.114. The van der Waals surface area contributed by atoms with E-state index in [9.17, 15) is 0 Å². The van der Waals surface area contributed by atoms with Crippen molar-refractivity contribution < 1.29 is 0 Å². The molecular weight excluding hydrogens is 1150 g/mol. The highest BCUT2D eigenvalue weighted by atomic mass is 32.1. The molecule has 0 saturated carbocycles. The Morgan fingerprint density at radius 1 is 0.207 bits per heavy atom. The number of aryl methyl sites for hydroxylation is 4. The molecule has 0 aliphatic carbocycles. The molecule has 92 heavy (non-hydrogen) atoms. The number of benzene rings is 14. The van der Waals surface area contributed by atoms with Crippen LogP contribution in [-0.4, -0.2) is 0 Å². The van der Waals surface area contributed by atoms with E-state index in [0.717, 1.165) is 45.3 Å². The van der Waals surface area contributed by atoms with Crippen molar-refractivity contribution in [3.05, 3.63) is 338 Å². The molecule has 0 saturated heterocycles. The van der Waals surface area contributed by atoms with Crippen LogP contribution in [0.2, 0.25) is 0 Å². The second kappa shape index (κ2) is 23.8. The van der Waals surface area contributed by atoms with Crippen molar-refractivity contribution in [1.29, 1.82) is 0 Å². The predicted molar refractivity (Wildman–Crippen MR) is 399 cm³/mol. The Morgan fingerprint density at radius 3 is 0.924 bits per heavy atom. The van der Waals surface area contributed by atoms with Crippen LogP contribution in [0.15, 0.2) is 315 Å². The van der Waals surface area contributed by atoms with E-state index in [1.807, 2.05) is 22.7 Å². The van der Waals surface area contributed by atoms with Gasteiger partial charge in [0.05, 0.1) is 11.4 Å². The molecule has 0 spiro atoms. The Kier molecular flexibility index (Phi) is 14.6. The first-order valence-corrected chi connectivity index (χ1v) is 33.2. The Morgan fingerprint density at radius 2 is 0.522 bits per heavy atom. The van der Waals surface area contributed by atoms with E-state index in [-0.39, 0.29) is 0 Å². The predicted octanol–water partition coefficient (Wildman–Crippen LogP) is 26.3. The van der Waals surface area contributed by atoms with E-state index in [4.69, 9.17) is 0 Å². The fourth-order valence-electron chi connectivity index (χ4n) is 13.7. The van der Waals surface area contributed by atoms with Gasteiger partial charge in [-0.1, -0.05) is 218 Å². The van der Waals surface area contributed by atoms with Gasteiger partial charge < -0.3 is 9.80 Å². The zero-order valence-corrected chi connectivity index (χ0v) is 53.4. The number of para-hydroxylation sites is 2. The van der Waals surface area contributed by atoms with Gasteiger partial charge in [-0.25, -0.2) is 0 Å². The van der Waals surface area contributed by atoms with Crippen molar-refractivity contribution in [2.24, 2.45) is 0 Å². The number of hydrogen-bond acceptors (Lipinski definition) is 4. The number of rotatable bonds is 13. The zero-order valence-electron chi connectivity index (χ0n) is 51.7. The van der Waals surface area contributed by atoms with Gasteiger partial charge in [0.2, 0.25) is 0 Å². The Bertz CT molecular complexity index is 5100. The van der Waals surface area contributed by atoms with Crippen LogP contribution >= 0.6 is 22.7 Å². The Labute approximate surface area is 546 Å². The number of fused-ring (bicyclic) bond motifs is 6. The van der Waals surface area contributed by atoms with Crippen LogP contribution < -0.4 is 9.80 Å². The maximum atomic E-state index is 2.50. The Hall–Kier alpha value is -10.9. The maximum Gasteiger partial charge on any atom is 0.0569 e. The molecule has 0 N–H and O–H groups in total. The van der Waals surface area contributed by atoms with Crippen LogP contribution in [0.1, 0.15) is 22.3 Å². The minimum Gasteiger partial charge on any atom is -0.309 e. The largest absolute Gasteiger partial charge is 0.309 e. The number of thiophene rings is 2. The third-order valence-corrected chi connectivity index (χ3v) is 20.7. The Balaban J connectivity index is 0.802. The van der Waals surface area contributed by atoms with Crippen molar-refractivity contribution in [1.82, 2.24) is 0 Å². The lowest BCUT2D eigenvalue weighted by atomic mass is 9.94. The second-order valence-corrected chi connectivity index (χ2v) is 26.4. The smallest absolute Gasteiger partial charge is 0.0569 e. The highest BCUT2D eigenvalue weighted by molar-refractivity contribution is 7.26. The van der Waals surface area contributed by atoms with Gasteiger partial charge in [0.1, 0.15) is 0 Å². The molecule has 0 atom stereocenters. The number of anilines is 6. The molecular formula is C88H64N2S2. The minimum absolute atomic E-state index is 1.09. The summed E-state index contributed by atoms with van der Waals surface area (Å²) in [5.74, 6) is 0. The third kappa shape index (κ3) is 10.4. The number of hydrogen-bond donors (Lipinski definition) is 0. The fraction of sp³-hybridized carbons (Fsp3) is 0.0455. The van der Waals surface area contributed by atoms with Gasteiger partial charge in [-0.15, -0.1) is 22.7 Å². The first-order valence-electron chi connectivity index (χ1n) is 31.6. The molecule has 14 aromatic carbocycles. The SMILES string of the molecule is Cc1cc(-c2ccc(N(c3ccc(-c4cccc(-c5ccccc5)c4)cc3)c3c(C)cccc3-c3ccc4sc5ccccc5c4c3)c(C)c2)ccc1N(c1ccc(-c2cccc(-c3ccccc3)c2)cc1)c1c(C)cccc1-c1ccc2sc3ccccc3c2c1. The van der Waals surface area contributed by atoms with Gasteiger partial charge in [0, 0.05) is 74.2 Å². The molecule has 16 aromatic rings. The molecule has 0 radical (unpaired) electrons. The van der Waals surface area contributed by atoms with Crippen molar-refractivity contribution in [3.63, 3.8) is 0 Å². The van der Waals surface area contributed by atoms with Gasteiger partial charge in [0.15, 0.2) is 0 Å². The monoisotopic (exact) mass is 1210 g/mol. The van der Waals surface area contributed by atoms with E-state index in [0.29, 0.717) is 0 Å². The summed E-state index contributed by atoms with van der Waals surface area (Å²) in [6.45, 7) is 9.07. The van der Waals surface area contributed by atoms with Crippen molar-refractivity contribution >= 4 is 97.1 Å². The summed E-state index contributed by atoms with van der Waals surface area (Å²) in [5, 5.41) is 5.17. The van der Waals surface area contributed by atoms with Crippen LogP contribution in [-0.2, 0) is 0 Å². The molecule has 0 bridgehead atoms. The minimum atomic E-state index is 1.09. The normalized spacial score (nSPS) is 11.5. The van der Waals surface area contributed by atoms with Crippen molar-refractivity contribution in [3.8, 4) is 77.9 Å². The second-order valence-electron chi connectivity index (χ2n) is 24.2. The molecule has 0 fully saturated rings. The molecule has 4 heteroatoms. The van der Waals surface area contributed by atoms with Crippen LogP contribution in [0.4, 0.5) is 34.1 Å². The summed E-state index contributed by atoms with van der Waals surface area (Å²) < 4.78 is 5.21. The standard InChI is InChI=1S/C88H64N2S2/c1-57-19-15-31-75(71-41-49-85-79(55-71)77-29-11-13-33-83(77)91-85)87(57)89(73-43-35-63(36-44-73)67-27-17-25-65(53-67)61-21-7-5-8-22-61)81-47-39-69(51-59(81)3)70-40-48-82(60(4)52-70)90(74-45-37-64(38-46-74)68-28-18-26-66(54-68)62-23-9-6-10-24-62)88-58(2)20-16-32-76(88)72-42-50-86-80(56-72)78-30-12-14-34-84(78)92-86/h5-56H,1-4H3. The average Bonchev–Trinajstić information content (AvgIpc) is 1.12. The van der Waals surface area contributed by atoms with Crippen LogP contribution in [0.5, 0.6) is 0 Å². The highest BCUT2D eigenvalue weighted by Crippen LogP contribution is 2.50. The molecule has 2 heterocycles. The maximum absolute atomic E-state index is 2.50. The fourth-order valence-corrected chi connectivity index (χ4v) is 15.9. The van der Waals surface area contributed by atoms with E-state index >= 15 is 0 Å². The van der Waals surface area contributed by atoms with Crippen molar-refractivity contribution in [2.75, 3.05) is 9.80 Å². The molecule has 0 aliphatic rings. The van der Waals surface area contributed by atoms with Gasteiger partial charge in [0.25, 0.3) is 0 Å². The first-order chi connectivity index (χ1) is 45.2.